The predicted octanol–water partition coefficient (Wildman–Crippen LogP) is 8.68. The SMILES string of the molecule is CCOc1ccccc1/C=C(/NC(=O)c1ccccc1)C(=O)Nc1cccc(SC(CC)C(=O)Nc2cc(C(F)(F)F)ccc2Cl)c1. The molecule has 0 radical (unpaired) electrons. The van der Waals surface area contributed by atoms with E-state index >= 15 is 0 Å². The Kier molecular flexibility index (Phi) is 12.1. The molecule has 0 aliphatic heterocycles. The molecule has 0 aliphatic rings. The molecular formula is C35H31ClF3N3O4S. The number of benzene rings is 4. The van der Waals surface area contributed by atoms with Crippen molar-refractivity contribution in [2.24, 2.45) is 0 Å². The zero-order valence-electron chi connectivity index (χ0n) is 25.4. The lowest BCUT2D eigenvalue weighted by Gasteiger charge is -2.17. The van der Waals surface area contributed by atoms with E-state index in [9.17, 15) is 27.6 Å². The molecule has 4 rings (SSSR count). The fourth-order valence-electron chi connectivity index (χ4n) is 4.33. The Hall–Kier alpha value is -4.74. The first kappa shape index (κ1) is 35.1. The average Bonchev–Trinajstić information content (AvgIpc) is 3.05. The van der Waals surface area contributed by atoms with Gasteiger partial charge < -0.3 is 20.7 Å². The summed E-state index contributed by atoms with van der Waals surface area (Å²) >= 11 is 7.24. The molecule has 0 saturated carbocycles. The fourth-order valence-corrected chi connectivity index (χ4v) is 5.51. The second-order valence-electron chi connectivity index (χ2n) is 10.0. The van der Waals surface area contributed by atoms with Crippen LogP contribution in [0.5, 0.6) is 5.75 Å². The Morgan fingerprint density at radius 1 is 0.894 bits per heavy atom. The summed E-state index contributed by atoms with van der Waals surface area (Å²) in [5.74, 6) is -1.09. The van der Waals surface area contributed by atoms with E-state index in [-0.39, 0.29) is 16.4 Å². The molecule has 47 heavy (non-hydrogen) atoms. The van der Waals surface area contributed by atoms with Crippen molar-refractivity contribution in [2.45, 2.75) is 36.6 Å². The highest BCUT2D eigenvalue weighted by molar-refractivity contribution is 8.00. The zero-order valence-corrected chi connectivity index (χ0v) is 26.9. The van der Waals surface area contributed by atoms with Gasteiger partial charge in [-0.1, -0.05) is 61.0 Å². The maximum absolute atomic E-state index is 13.6. The lowest BCUT2D eigenvalue weighted by molar-refractivity contribution is -0.137. The molecule has 0 heterocycles. The summed E-state index contributed by atoms with van der Waals surface area (Å²) in [5.41, 5.74) is 0.209. The number of para-hydroxylation sites is 1. The van der Waals surface area contributed by atoms with Gasteiger partial charge in [-0.05, 0) is 74.0 Å². The first-order chi connectivity index (χ1) is 22.5. The number of alkyl halides is 3. The molecule has 0 bridgehead atoms. The average molecular weight is 682 g/mol. The molecule has 4 aromatic carbocycles. The molecule has 0 fully saturated rings. The normalized spacial score (nSPS) is 12.2. The van der Waals surface area contributed by atoms with Crippen molar-refractivity contribution in [3.05, 3.63) is 124 Å². The number of nitrogens with one attached hydrogen (secondary N) is 3. The van der Waals surface area contributed by atoms with Crippen molar-refractivity contribution >= 4 is 58.5 Å². The van der Waals surface area contributed by atoms with Crippen molar-refractivity contribution in [3.63, 3.8) is 0 Å². The van der Waals surface area contributed by atoms with E-state index < -0.39 is 34.7 Å². The molecule has 3 N–H and O–H groups in total. The lowest BCUT2D eigenvalue weighted by atomic mass is 10.1. The molecule has 0 spiro atoms. The third-order valence-corrected chi connectivity index (χ3v) is 8.32. The minimum atomic E-state index is -4.60. The zero-order chi connectivity index (χ0) is 34.0. The quantitative estimate of drug-likeness (QED) is 0.103. The highest BCUT2D eigenvalue weighted by atomic mass is 35.5. The maximum atomic E-state index is 13.6. The molecule has 12 heteroatoms. The van der Waals surface area contributed by atoms with Crippen LogP contribution in [0.2, 0.25) is 5.02 Å². The molecule has 0 aromatic heterocycles. The number of carbonyl (C=O) groups excluding carboxylic acids is 3. The van der Waals surface area contributed by atoms with Crippen molar-refractivity contribution < 1.29 is 32.3 Å². The lowest BCUT2D eigenvalue weighted by Crippen LogP contribution is -2.30. The van der Waals surface area contributed by atoms with Crippen LogP contribution in [-0.2, 0) is 15.8 Å². The van der Waals surface area contributed by atoms with Gasteiger partial charge in [-0.3, -0.25) is 14.4 Å². The third kappa shape index (κ3) is 9.87. The van der Waals surface area contributed by atoms with Gasteiger partial charge in [-0.2, -0.15) is 13.2 Å². The molecule has 1 unspecified atom stereocenters. The second-order valence-corrected chi connectivity index (χ2v) is 11.7. The summed E-state index contributed by atoms with van der Waals surface area (Å²) in [6, 6.07) is 25.0. The van der Waals surface area contributed by atoms with Crippen molar-refractivity contribution in [1.29, 1.82) is 0 Å². The van der Waals surface area contributed by atoms with Gasteiger partial charge >= 0.3 is 6.18 Å². The number of hydrogen-bond acceptors (Lipinski definition) is 5. The molecule has 3 amide bonds. The molecule has 244 valence electrons. The summed E-state index contributed by atoms with van der Waals surface area (Å²) in [6.07, 6.45) is -2.72. The summed E-state index contributed by atoms with van der Waals surface area (Å²) < 4.78 is 45.3. The topological polar surface area (TPSA) is 96.5 Å². The largest absolute Gasteiger partial charge is 0.493 e. The monoisotopic (exact) mass is 681 g/mol. The Labute approximate surface area is 279 Å². The number of halogens is 4. The summed E-state index contributed by atoms with van der Waals surface area (Å²) in [5, 5.41) is 7.28. The Balaban J connectivity index is 1.53. The smallest absolute Gasteiger partial charge is 0.416 e. The van der Waals surface area contributed by atoms with Crippen LogP contribution in [0.3, 0.4) is 0 Å². The highest BCUT2D eigenvalue weighted by Crippen LogP contribution is 2.35. The van der Waals surface area contributed by atoms with Gasteiger partial charge in [0, 0.05) is 21.7 Å². The van der Waals surface area contributed by atoms with Gasteiger partial charge in [0.15, 0.2) is 0 Å². The van der Waals surface area contributed by atoms with Crippen LogP contribution in [0.4, 0.5) is 24.5 Å². The Morgan fingerprint density at radius 2 is 1.62 bits per heavy atom. The highest BCUT2D eigenvalue weighted by Gasteiger charge is 2.31. The van der Waals surface area contributed by atoms with Crippen LogP contribution in [0.1, 0.15) is 41.8 Å². The van der Waals surface area contributed by atoms with Gasteiger partial charge in [0.2, 0.25) is 5.91 Å². The van der Waals surface area contributed by atoms with Gasteiger partial charge in [0.05, 0.1) is 28.1 Å². The van der Waals surface area contributed by atoms with Crippen LogP contribution in [0.15, 0.2) is 108 Å². The van der Waals surface area contributed by atoms with E-state index in [2.05, 4.69) is 16.0 Å². The van der Waals surface area contributed by atoms with Crippen LogP contribution >= 0.6 is 23.4 Å². The molecular weight excluding hydrogens is 651 g/mol. The number of carbonyl (C=O) groups is 3. The van der Waals surface area contributed by atoms with Crippen molar-refractivity contribution in [3.8, 4) is 5.75 Å². The number of hydrogen-bond donors (Lipinski definition) is 3. The summed E-state index contributed by atoms with van der Waals surface area (Å²) in [4.78, 5) is 40.3. The maximum Gasteiger partial charge on any atom is 0.416 e. The minimum absolute atomic E-state index is 0.0250. The van der Waals surface area contributed by atoms with Gasteiger partial charge in [-0.25, -0.2) is 0 Å². The number of thioether (sulfide) groups is 1. The number of ether oxygens (including phenoxy) is 1. The molecule has 4 aromatic rings. The van der Waals surface area contributed by atoms with Crippen LogP contribution in [0.25, 0.3) is 6.08 Å². The number of anilines is 2. The second kappa shape index (κ2) is 16.2. The first-order valence-corrected chi connectivity index (χ1v) is 15.8. The van der Waals surface area contributed by atoms with Gasteiger partial charge in [0.25, 0.3) is 11.8 Å². The standard InChI is InChI=1S/C35H31ClF3N3O4S/c1-3-31(34(45)41-28-20-24(35(37,38)39)17-18-27(28)36)47-26-15-10-14-25(21-26)40-33(44)29(42-32(43)22-11-6-5-7-12-22)19-23-13-8-9-16-30(23)46-4-2/h5-21,31H,3-4H2,1-2H3,(H,40,44)(H,41,45)(H,42,43)/b29-19+. The van der Waals surface area contributed by atoms with E-state index in [4.69, 9.17) is 16.3 Å². The van der Waals surface area contributed by atoms with Gasteiger partial charge in [0.1, 0.15) is 11.4 Å². The fraction of sp³-hybridized carbons (Fsp3) is 0.171. The summed E-state index contributed by atoms with van der Waals surface area (Å²) in [7, 11) is 0. The third-order valence-electron chi connectivity index (χ3n) is 6.63. The molecule has 1 atom stereocenters. The van der Waals surface area contributed by atoms with Crippen LogP contribution in [-0.4, -0.2) is 29.6 Å². The molecule has 0 aliphatic carbocycles. The van der Waals surface area contributed by atoms with E-state index in [1.54, 1.807) is 85.8 Å². The van der Waals surface area contributed by atoms with E-state index in [1.807, 2.05) is 6.92 Å². The number of rotatable bonds is 12. The Bertz CT molecular complexity index is 1770. The molecule has 0 saturated heterocycles. The Morgan fingerprint density at radius 3 is 2.32 bits per heavy atom. The van der Waals surface area contributed by atoms with Crippen LogP contribution in [0, 0.1) is 0 Å². The van der Waals surface area contributed by atoms with E-state index in [0.717, 1.165) is 18.2 Å². The van der Waals surface area contributed by atoms with Crippen LogP contribution < -0.4 is 20.7 Å². The predicted molar refractivity (Wildman–Crippen MR) is 180 cm³/mol. The molecule has 7 nitrogen and oxygen atoms in total. The first-order valence-electron chi connectivity index (χ1n) is 14.5. The van der Waals surface area contributed by atoms with E-state index in [1.165, 1.54) is 17.8 Å². The summed E-state index contributed by atoms with van der Waals surface area (Å²) in [6.45, 7) is 4.00. The minimum Gasteiger partial charge on any atom is -0.493 e. The van der Waals surface area contributed by atoms with Crippen molar-refractivity contribution in [1.82, 2.24) is 5.32 Å². The number of amides is 3. The van der Waals surface area contributed by atoms with Crippen molar-refractivity contribution in [2.75, 3.05) is 17.2 Å². The van der Waals surface area contributed by atoms with E-state index in [0.29, 0.717) is 40.5 Å². The van der Waals surface area contributed by atoms with Gasteiger partial charge in [-0.15, -0.1) is 11.8 Å².